The average Bonchev–Trinajstić information content (AvgIpc) is 3.02. The highest BCUT2D eigenvalue weighted by atomic mass is 32.7. The molecule has 3 aliphatic rings. The summed E-state index contributed by atoms with van der Waals surface area (Å²) in [5.41, 5.74) is 6.96. The molecule has 112 valence electrons. The van der Waals surface area contributed by atoms with Gasteiger partial charge in [0.25, 0.3) is 0 Å². The fourth-order valence-electron chi connectivity index (χ4n) is 2.72. The van der Waals surface area contributed by atoms with Crippen LogP contribution in [0.1, 0.15) is 12.8 Å². The zero-order valence-electron chi connectivity index (χ0n) is 10.9. The summed E-state index contributed by atoms with van der Waals surface area (Å²) in [4.78, 5) is 2.14. The molecule has 0 radical (unpaired) electrons. The highest BCUT2D eigenvalue weighted by molar-refractivity contribution is 8.39. The molecule has 0 aliphatic carbocycles. The monoisotopic (exact) mass is 320 g/mol. The first-order chi connectivity index (χ1) is 9.65. The third-order valence-corrected chi connectivity index (χ3v) is 4.39. The predicted octanol–water partition coefficient (Wildman–Crippen LogP) is -0.438. The van der Waals surface area contributed by atoms with E-state index in [1.165, 1.54) is 0 Å². The van der Waals surface area contributed by atoms with E-state index in [9.17, 15) is 4.57 Å². The summed E-state index contributed by atoms with van der Waals surface area (Å²) in [6, 6.07) is 0. The van der Waals surface area contributed by atoms with Gasteiger partial charge in [-0.1, -0.05) is 0 Å². The van der Waals surface area contributed by atoms with Crippen LogP contribution < -0.4 is 21.7 Å². The number of hydrogen-bond donors (Lipinski definition) is 5. The van der Waals surface area contributed by atoms with E-state index in [1.54, 1.807) is 0 Å². The molecule has 0 amide bonds. The fraction of sp³-hybridized carbons (Fsp3) is 0.800. The van der Waals surface area contributed by atoms with E-state index in [-0.39, 0.29) is 18.5 Å². The lowest BCUT2D eigenvalue weighted by Gasteiger charge is -2.31. The lowest BCUT2D eigenvalue weighted by molar-refractivity contribution is -0.0506. The van der Waals surface area contributed by atoms with Crippen LogP contribution in [-0.2, 0) is 13.8 Å². The Hall–Kier alpha value is -0.570. The molecular weight excluding hydrogens is 301 g/mol. The Morgan fingerprint density at radius 3 is 3.15 bits per heavy atom. The smallest absolute Gasteiger partial charge is 0.366 e. The molecule has 0 saturated carbocycles. The van der Waals surface area contributed by atoms with Gasteiger partial charge in [0.15, 0.2) is 0 Å². The zero-order chi connectivity index (χ0) is 14.1. The Kier molecular flexibility index (Phi) is 4.34. The van der Waals surface area contributed by atoms with E-state index >= 15 is 0 Å². The first-order valence-electron chi connectivity index (χ1n) is 6.57. The minimum atomic E-state index is -1.87. The van der Waals surface area contributed by atoms with Crippen molar-refractivity contribution in [2.24, 2.45) is 5.73 Å². The highest BCUT2D eigenvalue weighted by Gasteiger charge is 2.38. The van der Waals surface area contributed by atoms with Crippen molar-refractivity contribution in [1.29, 1.82) is 0 Å². The summed E-state index contributed by atoms with van der Waals surface area (Å²) in [5.74, 6) is 1.00. The molecule has 3 rings (SSSR count). The lowest BCUT2D eigenvalue weighted by Crippen LogP contribution is -2.52. The Labute approximate surface area is 123 Å². The molecule has 4 atom stereocenters. The fourth-order valence-corrected chi connectivity index (χ4v) is 3.21. The van der Waals surface area contributed by atoms with Crippen molar-refractivity contribution < 1.29 is 13.8 Å². The number of hydrogen-bond acceptors (Lipinski definition) is 8. The third kappa shape index (κ3) is 2.88. The van der Waals surface area contributed by atoms with Gasteiger partial charge in [0.05, 0.1) is 25.1 Å². The van der Waals surface area contributed by atoms with Crippen LogP contribution in [0.5, 0.6) is 0 Å². The first kappa shape index (κ1) is 14.4. The van der Waals surface area contributed by atoms with Gasteiger partial charge in [0, 0.05) is 0 Å². The van der Waals surface area contributed by atoms with Crippen molar-refractivity contribution in [2.45, 2.75) is 31.3 Å². The van der Waals surface area contributed by atoms with E-state index in [0.717, 1.165) is 24.4 Å². The Bertz CT molecular complexity index is 437. The quantitative estimate of drug-likeness (QED) is 0.351. The van der Waals surface area contributed by atoms with Crippen LogP contribution >= 0.6 is 19.5 Å². The minimum Gasteiger partial charge on any atom is -0.366 e. The summed E-state index contributed by atoms with van der Waals surface area (Å²) in [7, 11) is -1.87. The van der Waals surface area contributed by atoms with Gasteiger partial charge in [0.2, 0.25) is 0 Å². The largest absolute Gasteiger partial charge is 0.582 e. The number of thiol groups is 1. The second kappa shape index (κ2) is 6.05. The van der Waals surface area contributed by atoms with E-state index in [0.29, 0.717) is 19.9 Å². The second-order valence-electron chi connectivity index (χ2n) is 4.93. The van der Waals surface area contributed by atoms with Crippen LogP contribution in [0.15, 0.2) is 11.5 Å². The van der Waals surface area contributed by atoms with E-state index in [2.05, 4.69) is 33.1 Å². The SMILES string of the molecule is NC1NCNC2=C1NCN2[C@H]1CC[C@@H](CO[P+](=O)S)O1. The van der Waals surface area contributed by atoms with E-state index in [1.807, 2.05) is 0 Å². The van der Waals surface area contributed by atoms with Gasteiger partial charge in [-0.3, -0.25) is 5.32 Å². The van der Waals surface area contributed by atoms with Crippen molar-refractivity contribution >= 4 is 19.5 Å². The molecule has 3 aliphatic heterocycles. The summed E-state index contributed by atoms with van der Waals surface area (Å²) >= 11 is 3.72. The predicted molar refractivity (Wildman–Crippen MR) is 76.4 cm³/mol. The molecule has 5 N–H and O–H groups in total. The van der Waals surface area contributed by atoms with E-state index < -0.39 is 7.23 Å². The molecule has 0 aromatic rings. The van der Waals surface area contributed by atoms with Crippen LogP contribution in [0.4, 0.5) is 0 Å². The Morgan fingerprint density at radius 2 is 2.35 bits per heavy atom. The number of nitrogens with zero attached hydrogens (tertiary/aromatic N) is 1. The molecule has 20 heavy (non-hydrogen) atoms. The van der Waals surface area contributed by atoms with Crippen LogP contribution in [0, 0.1) is 0 Å². The van der Waals surface area contributed by atoms with Crippen LogP contribution in [0.25, 0.3) is 0 Å². The molecule has 0 aromatic carbocycles. The third-order valence-electron chi connectivity index (χ3n) is 3.67. The maximum atomic E-state index is 10.8. The van der Waals surface area contributed by atoms with Crippen molar-refractivity contribution in [3.8, 4) is 0 Å². The summed E-state index contributed by atoms with van der Waals surface area (Å²) in [5, 5.41) is 9.69. The van der Waals surface area contributed by atoms with Gasteiger partial charge in [-0.2, -0.15) is 0 Å². The average molecular weight is 320 g/mol. The molecule has 0 bridgehead atoms. The van der Waals surface area contributed by atoms with Gasteiger partial charge in [-0.15, -0.1) is 4.52 Å². The normalized spacial score (nSPS) is 33.8. The first-order valence-corrected chi connectivity index (χ1v) is 8.90. The highest BCUT2D eigenvalue weighted by Crippen LogP contribution is 2.32. The van der Waals surface area contributed by atoms with Crippen LogP contribution in [0.3, 0.4) is 0 Å². The van der Waals surface area contributed by atoms with Gasteiger partial charge in [-0.05, 0) is 17.4 Å². The van der Waals surface area contributed by atoms with Crippen molar-refractivity contribution in [2.75, 3.05) is 19.9 Å². The zero-order valence-corrected chi connectivity index (χ0v) is 12.7. The lowest BCUT2D eigenvalue weighted by atomic mass is 10.2. The van der Waals surface area contributed by atoms with Gasteiger partial charge in [0.1, 0.15) is 37.1 Å². The van der Waals surface area contributed by atoms with Crippen molar-refractivity contribution in [3.05, 3.63) is 11.5 Å². The summed E-state index contributed by atoms with van der Waals surface area (Å²) < 4.78 is 21.8. The maximum Gasteiger partial charge on any atom is 0.582 e. The molecule has 2 unspecified atom stereocenters. The van der Waals surface area contributed by atoms with Crippen molar-refractivity contribution in [1.82, 2.24) is 20.9 Å². The van der Waals surface area contributed by atoms with Gasteiger partial charge in [-0.25, -0.2) is 0 Å². The Balaban J connectivity index is 1.60. The van der Waals surface area contributed by atoms with E-state index in [4.69, 9.17) is 15.0 Å². The number of ether oxygens (including phenoxy) is 1. The molecule has 0 aromatic heterocycles. The van der Waals surface area contributed by atoms with Gasteiger partial charge >= 0.3 is 7.23 Å². The number of nitrogens with one attached hydrogen (secondary N) is 3. The number of rotatable bonds is 4. The minimum absolute atomic E-state index is 0.0146. The molecule has 0 spiro atoms. The second-order valence-corrected chi connectivity index (χ2v) is 6.64. The molecular formula is C10H19N5O3PS+. The standard InChI is InChI=1S/C10H18N5O3PS/c11-9-8-10(13-4-12-9)15(5-14-8)7-2-1-6(18-7)3-17-19(16)20/h6-7,9,12-14H,1-5,11H2/p+1/t6-,7+,9?/m0/s1. The summed E-state index contributed by atoms with van der Waals surface area (Å²) in [6.07, 6.45) is 1.56. The van der Waals surface area contributed by atoms with Crippen molar-refractivity contribution in [3.63, 3.8) is 0 Å². The van der Waals surface area contributed by atoms with Gasteiger partial charge < -0.3 is 26.0 Å². The molecule has 3 heterocycles. The topological polar surface area (TPSA) is 101 Å². The Morgan fingerprint density at radius 1 is 1.50 bits per heavy atom. The van der Waals surface area contributed by atoms with Crippen LogP contribution in [-0.4, -0.2) is 43.3 Å². The van der Waals surface area contributed by atoms with Crippen LogP contribution in [0.2, 0.25) is 0 Å². The molecule has 10 heteroatoms. The molecule has 1 saturated heterocycles. The summed E-state index contributed by atoms with van der Waals surface area (Å²) in [6.45, 7) is 1.63. The molecule has 8 nitrogen and oxygen atoms in total. The number of nitrogens with two attached hydrogens (primary N) is 1. The molecule has 1 fully saturated rings. The maximum absolute atomic E-state index is 10.8.